The van der Waals surface area contributed by atoms with Crippen LogP contribution in [-0.4, -0.2) is 59.8 Å². The van der Waals surface area contributed by atoms with E-state index in [1.807, 2.05) is 26.8 Å². The number of carbonyl (C=O) groups excluding carboxylic acids is 2. The molecule has 0 aliphatic carbocycles. The molecule has 2 atom stereocenters. The van der Waals surface area contributed by atoms with Gasteiger partial charge in [0.2, 0.25) is 5.91 Å². The summed E-state index contributed by atoms with van der Waals surface area (Å²) in [6.07, 6.45) is 1.81. The standard InChI is InChI=1S/C19H28N4O5/c1-19(2,3)28-18(25)23-5-4-14(13(11-23)17(20)24)22-9-12-8-15-16(10-21-12)27-7-6-26-15/h8,10,13-14,22H,4-7,9,11H2,1-3H3,(H2,20,24). The van der Waals surface area contributed by atoms with Crippen LogP contribution < -0.4 is 20.5 Å². The van der Waals surface area contributed by atoms with E-state index in [2.05, 4.69) is 10.3 Å². The summed E-state index contributed by atoms with van der Waals surface area (Å²) in [6.45, 7) is 7.64. The number of aromatic nitrogens is 1. The van der Waals surface area contributed by atoms with Gasteiger partial charge in [0.25, 0.3) is 0 Å². The molecule has 0 bridgehead atoms. The molecule has 154 valence electrons. The first-order valence-electron chi connectivity index (χ1n) is 9.48. The second-order valence-electron chi connectivity index (χ2n) is 8.03. The molecule has 2 aliphatic heterocycles. The molecule has 3 rings (SSSR count). The van der Waals surface area contributed by atoms with E-state index in [1.54, 1.807) is 11.1 Å². The predicted octanol–water partition coefficient (Wildman–Crippen LogP) is 1.05. The van der Waals surface area contributed by atoms with Crippen molar-refractivity contribution in [2.75, 3.05) is 26.3 Å². The van der Waals surface area contributed by atoms with E-state index in [0.29, 0.717) is 44.2 Å². The number of nitrogens with zero attached hydrogens (tertiary/aromatic N) is 2. The molecule has 1 fully saturated rings. The van der Waals surface area contributed by atoms with Gasteiger partial charge < -0.3 is 30.2 Å². The van der Waals surface area contributed by atoms with Gasteiger partial charge in [0.05, 0.1) is 17.8 Å². The molecule has 1 aromatic heterocycles. The quantitative estimate of drug-likeness (QED) is 0.787. The number of piperidine rings is 1. The van der Waals surface area contributed by atoms with Crippen LogP contribution >= 0.6 is 0 Å². The fourth-order valence-corrected chi connectivity index (χ4v) is 3.30. The first kappa shape index (κ1) is 20.2. The number of carbonyl (C=O) groups is 2. The molecule has 0 aromatic carbocycles. The number of ether oxygens (including phenoxy) is 3. The molecule has 0 saturated carbocycles. The Balaban J connectivity index is 1.59. The number of pyridine rings is 1. The third kappa shape index (κ3) is 5.03. The second kappa shape index (κ2) is 8.22. The number of rotatable bonds is 4. The highest BCUT2D eigenvalue weighted by Crippen LogP contribution is 2.29. The van der Waals surface area contributed by atoms with Gasteiger partial charge in [0, 0.05) is 31.7 Å². The topological polar surface area (TPSA) is 116 Å². The Bertz CT molecular complexity index is 734. The number of fused-ring (bicyclic) bond motifs is 1. The smallest absolute Gasteiger partial charge is 0.410 e. The van der Waals surface area contributed by atoms with Gasteiger partial charge in [-0.1, -0.05) is 0 Å². The molecule has 9 nitrogen and oxygen atoms in total. The summed E-state index contributed by atoms with van der Waals surface area (Å²) in [5.41, 5.74) is 5.79. The first-order chi connectivity index (χ1) is 13.2. The molecular weight excluding hydrogens is 364 g/mol. The van der Waals surface area contributed by atoms with Crippen LogP contribution in [0.25, 0.3) is 0 Å². The van der Waals surface area contributed by atoms with Crippen molar-refractivity contribution in [3.05, 3.63) is 18.0 Å². The highest BCUT2D eigenvalue weighted by molar-refractivity contribution is 5.79. The molecule has 9 heteroatoms. The molecule has 2 unspecified atom stereocenters. The number of primary amides is 1. The van der Waals surface area contributed by atoms with E-state index in [-0.39, 0.29) is 12.6 Å². The van der Waals surface area contributed by atoms with E-state index < -0.39 is 23.5 Å². The fraction of sp³-hybridized carbons (Fsp3) is 0.632. The molecular formula is C19H28N4O5. The summed E-state index contributed by atoms with van der Waals surface area (Å²) >= 11 is 0. The first-order valence-corrected chi connectivity index (χ1v) is 9.48. The van der Waals surface area contributed by atoms with Crippen molar-refractivity contribution in [1.29, 1.82) is 0 Å². The van der Waals surface area contributed by atoms with Crippen LogP contribution in [0.2, 0.25) is 0 Å². The zero-order chi connectivity index (χ0) is 20.3. The largest absolute Gasteiger partial charge is 0.486 e. The Morgan fingerprint density at radius 3 is 2.71 bits per heavy atom. The minimum absolute atomic E-state index is 0.147. The highest BCUT2D eigenvalue weighted by Gasteiger charge is 2.36. The van der Waals surface area contributed by atoms with Crippen LogP contribution in [0.1, 0.15) is 32.9 Å². The van der Waals surface area contributed by atoms with Crippen LogP contribution in [0.15, 0.2) is 12.3 Å². The molecule has 0 spiro atoms. The molecule has 1 saturated heterocycles. The number of nitrogens with two attached hydrogens (primary N) is 1. The second-order valence-corrected chi connectivity index (χ2v) is 8.03. The van der Waals surface area contributed by atoms with E-state index >= 15 is 0 Å². The van der Waals surface area contributed by atoms with Gasteiger partial charge >= 0.3 is 6.09 Å². The molecule has 3 heterocycles. The Morgan fingerprint density at radius 1 is 1.32 bits per heavy atom. The Hall–Kier alpha value is -2.55. The maximum absolute atomic E-state index is 12.3. The number of amides is 2. The lowest BCUT2D eigenvalue weighted by atomic mass is 9.91. The van der Waals surface area contributed by atoms with Crippen molar-refractivity contribution in [3.8, 4) is 11.5 Å². The summed E-state index contributed by atoms with van der Waals surface area (Å²) in [5, 5.41) is 3.35. The van der Waals surface area contributed by atoms with Crippen molar-refractivity contribution in [2.24, 2.45) is 11.7 Å². The van der Waals surface area contributed by atoms with Crippen LogP contribution in [0, 0.1) is 5.92 Å². The number of likely N-dealkylation sites (tertiary alicyclic amines) is 1. The molecule has 2 amide bonds. The Labute approximate surface area is 164 Å². The van der Waals surface area contributed by atoms with Crippen molar-refractivity contribution in [2.45, 2.75) is 45.4 Å². The SMILES string of the molecule is CC(C)(C)OC(=O)N1CCC(NCc2cc3c(cn2)OCCO3)C(C(N)=O)C1. The zero-order valence-corrected chi connectivity index (χ0v) is 16.6. The predicted molar refractivity (Wildman–Crippen MR) is 101 cm³/mol. The summed E-state index contributed by atoms with van der Waals surface area (Å²) in [7, 11) is 0. The van der Waals surface area contributed by atoms with Crippen molar-refractivity contribution >= 4 is 12.0 Å². The molecule has 2 aliphatic rings. The summed E-state index contributed by atoms with van der Waals surface area (Å²) in [5.74, 6) is 0.360. The van der Waals surface area contributed by atoms with Gasteiger partial charge in [-0.2, -0.15) is 0 Å². The normalized spacial score (nSPS) is 21.9. The van der Waals surface area contributed by atoms with Gasteiger partial charge in [-0.05, 0) is 27.2 Å². The van der Waals surface area contributed by atoms with Crippen LogP contribution in [-0.2, 0) is 16.1 Å². The summed E-state index contributed by atoms with van der Waals surface area (Å²) < 4.78 is 16.4. The maximum atomic E-state index is 12.3. The monoisotopic (exact) mass is 392 g/mol. The average Bonchev–Trinajstić information content (AvgIpc) is 2.64. The minimum Gasteiger partial charge on any atom is -0.486 e. The molecule has 0 radical (unpaired) electrons. The third-order valence-corrected chi connectivity index (χ3v) is 4.66. The van der Waals surface area contributed by atoms with Crippen LogP contribution in [0.4, 0.5) is 4.79 Å². The van der Waals surface area contributed by atoms with Crippen LogP contribution in [0.5, 0.6) is 11.5 Å². The maximum Gasteiger partial charge on any atom is 0.410 e. The Kier molecular flexibility index (Phi) is 5.93. The lowest BCUT2D eigenvalue weighted by Gasteiger charge is -2.38. The van der Waals surface area contributed by atoms with Crippen molar-refractivity contribution in [1.82, 2.24) is 15.2 Å². The van der Waals surface area contributed by atoms with E-state index in [1.165, 1.54) is 0 Å². The van der Waals surface area contributed by atoms with Crippen molar-refractivity contribution in [3.63, 3.8) is 0 Å². The van der Waals surface area contributed by atoms with E-state index in [4.69, 9.17) is 19.9 Å². The molecule has 28 heavy (non-hydrogen) atoms. The number of hydrogen-bond donors (Lipinski definition) is 2. The summed E-state index contributed by atoms with van der Waals surface area (Å²) in [4.78, 5) is 30.2. The van der Waals surface area contributed by atoms with Crippen molar-refractivity contribution < 1.29 is 23.8 Å². The fourth-order valence-electron chi connectivity index (χ4n) is 3.30. The molecule has 1 aromatic rings. The van der Waals surface area contributed by atoms with Crippen LogP contribution in [0.3, 0.4) is 0 Å². The van der Waals surface area contributed by atoms with Gasteiger partial charge in [-0.3, -0.25) is 9.78 Å². The average molecular weight is 392 g/mol. The minimum atomic E-state index is -0.585. The van der Waals surface area contributed by atoms with Gasteiger partial charge in [0.15, 0.2) is 11.5 Å². The lowest BCUT2D eigenvalue weighted by molar-refractivity contribution is -0.124. The summed E-state index contributed by atoms with van der Waals surface area (Å²) in [6, 6.07) is 1.68. The number of nitrogens with one attached hydrogen (secondary N) is 1. The third-order valence-electron chi connectivity index (χ3n) is 4.66. The Morgan fingerprint density at radius 2 is 2.04 bits per heavy atom. The number of hydrogen-bond acceptors (Lipinski definition) is 7. The zero-order valence-electron chi connectivity index (χ0n) is 16.6. The van der Waals surface area contributed by atoms with Gasteiger partial charge in [-0.15, -0.1) is 0 Å². The lowest BCUT2D eigenvalue weighted by Crippen LogP contribution is -2.55. The van der Waals surface area contributed by atoms with Gasteiger partial charge in [0.1, 0.15) is 18.8 Å². The molecule has 3 N–H and O–H groups in total. The highest BCUT2D eigenvalue weighted by atomic mass is 16.6. The van der Waals surface area contributed by atoms with Gasteiger partial charge in [-0.25, -0.2) is 4.79 Å². The van der Waals surface area contributed by atoms with E-state index in [9.17, 15) is 9.59 Å². The van der Waals surface area contributed by atoms with E-state index in [0.717, 1.165) is 5.69 Å².